The Bertz CT molecular complexity index is 237. The van der Waals surface area contributed by atoms with Crippen molar-refractivity contribution in [3.05, 3.63) is 0 Å². The largest absolute Gasteiger partial charge is 0.382 e. The molecule has 0 heterocycles. The highest BCUT2D eigenvalue weighted by Gasteiger charge is 2.40. The van der Waals surface area contributed by atoms with Crippen LogP contribution in [0.25, 0.3) is 0 Å². The fraction of sp³-hybridized carbons (Fsp3) is 1.00. The molecule has 1 aliphatic rings. The fourth-order valence-corrected chi connectivity index (χ4v) is 3.36. The lowest BCUT2D eigenvalue weighted by atomic mass is 9.66. The highest BCUT2D eigenvalue weighted by atomic mass is 16.5. The van der Waals surface area contributed by atoms with E-state index >= 15 is 0 Å². The number of hydrogen-bond acceptors (Lipinski definition) is 2. The van der Waals surface area contributed by atoms with Gasteiger partial charge in [0.25, 0.3) is 0 Å². The summed E-state index contributed by atoms with van der Waals surface area (Å²) in [7, 11) is 0. The molecule has 2 atom stereocenters. The highest BCUT2D eigenvalue weighted by molar-refractivity contribution is 4.91. The molecule has 0 aromatic heterocycles. The van der Waals surface area contributed by atoms with Gasteiger partial charge >= 0.3 is 0 Å². The van der Waals surface area contributed by atoms with Gasteiger partial charge in [-0.1, -0.05) is 20.3 Å². The molecule has 0 spiro atoms. The molecule has 1 aliphatic carbocycles. The average Bonchev–Trinajstić information content (AvgIpc) is 2.28. The molecular formula is C16H32O2. The molecule has 1 rings (SSSR count). The Hall–Kier alpha value is -0.0800. The lowest BCUT2D eigenvalue weighted by molar-refractivity contribution is -0.106. The first-order chi connectivity index (χ1) is 8.43. The minimum absolute atomic E-state index is 0.00160. The number of ether oxygens (including phenoxy) is 2. The summed E-state index contributed by atoms with van der Waals surface area (Å²) in [6.45, 7) is 13.7. The second kappa shape index (κ2) is 6.91. The third-order valence-electron chi connectivity index (χ3n) is 4.49. The molecule has 0 amide bonds. The summed E-state index contributed by atoms with van der Waals surface area (Å²) in [5, 5.41) is 0. The third-order valence-corrected chi connectivity index (χ3v) is 4.49. The summed E-state index contributed by atoms with van der Waals surface area (Å²) >= 11 is 0. The molecule has 2 nitrogen and oxygen atoms in total. The van der Waals surface area contributed by atoms with Crippen LogP contribution in [-0.2, 0) is 9.47 Å². The Labute approximate surface area is 113 Å². The Kier molecular flexibility index (Phi) is 6.13. The van der Waals surface area contributed by atoms with Crippen molar-refractivity contribution in [3.8, 4) is 0 Å². The first-order valence-corrected chi connectivity index (χ1v) is 7.65. The number of rotatable bonds is 7. The van der Waals surface area contributed by atoms with Crippen LogP contribution in [0.3, 0.4) is 0 Å². The Balaban J connectivity index is 2.63. The molecule has 0 aromatic carbocycles. The van der Waals surface area contributed by atoms with Crippen molar-refractivity contribution in [3.63, 3.8) is 0 Å². The second-order valence-electron chi connectivity index (χ2n) is 6.65. The van der Waals surface area contributed by atoms with Crippen LogP contribution in [-0.4, -0.2) is 25.4 Å². The van der Waals surface area contributed by atoms with E-state index in [2.05, 4.69) is 34.6 Å². The van der Waals surface area contributed by atoms with Gasteiger partial charge in [-0.25, -0.2) is 0 Å². The van der Waals surface area contributed by atoms with Gasteiger partial charge in [-0.05, 0) is 57.8 Å². The van der Waals surface area contributed by atoms with E-state index in [4.69, 9.17) is 9.47 Å². The first kappa shape index (κ1) is 16.0. The van der Waals surface area contributed by atoms with Crippen LogP contribution in [0.4, 0.5) is 0 Å². The molecule has 0 aliphatic heterocycles. The van der Waals surface area contributed by atoms with Gasteiger partial charge in [-0.15, -0.1) is 0 Å². The van der Waals surface area contributed by atoms with Gasteiger partial charge in [0.05, 0.1) is 5.60 Å². The zero-order chi connectivity index (χ0) is 13.6. The maximum Gasteiger partial charge on any atom is 0.0704 e. The van der Waals surface area contributed by atoms with Crippen molar-refractivity contribution in [1.29, 1.82) is 0 Å². The van der Waals surface area contributed by atoms with Crippen molar-refractivity contribution >= 4 is 0 Å². The van der Waals surface area contributed by atoms with Gasteiger partial charge in [0.2, 0.25) is 0 Å². The molecule has 0 N–H and O–H groups in total. The van der Waals surface area contributed by atoms with Gasteiger partial charge in [0, 0.05) is 19.8 Å². The Morgan fingerprint density at radius 3 is 2.50 bits per heavy atom. The van der Waals surface area contributed by atoms with Crippen molar-refractivity contribution in [2.24, 2.45) is 11.3 Å². The number of hydrogen-bond donors (Lipinski definition) is 0. The molecule has 0 radical (unpaired) electrons. The van der Waals surface area contributed by atoms with Crippen LogP contribution in [0.1, 0.15) is 66.7 Å². The van der Waals surface area contributed by atoms with E-state index in [0.29, 0.717) is 11.3 Å². The molecule has 2 heteroatoms. The van der Waals surface area contributed by atoms with Crippen LogP contribution in [0.15, 0.2) is 0 Å². The highest BCUT2D eigenvalue weighted by Crippen LogP contribution is 2.45. The van der Waals surface area contributed by atoms with E-state index < -0.39 is 0 Å². The molecule has 18 heavy (non-hydrogen) atoms. The normalized spacial score (nSPS) is 26.8. The second-order valence-corrected chi connectivity index (χ2v) is 6.65. The summed E-state index contributed by atoms with van der Waals surface area (Å²) < 4.78 is 11.7. The smallest absolute Gasteiger partial charge is 0.0704 e. The molecule has 108 valence electrons. The molecular weight excluding hydrogens is 224 g/mol. The molecule has 2 unspecified atom stereocenters. The fourth-order valence-electron chi connectivity index (χ4n) is 3.36. The summed E-state index contributed by atoms with van der Waals surface area (Å²) in [6, 6.07) is 0. The van der Waals surface area contributed by atoms with Gasteiger partial charge in [0.15, 0.2) is 0 Å². The van der Waals surface area contributed by atoms with E-state index in [1.165, 1.54) is 25.7 Å². The van der Waals surface area contributed by atoms with Crippen molar-refractivity contribution in [1.82, 2.24) is 0 Å². The zero-order valence-corrected chi connectivity index (χ0v) is 13.1. The van der Waals surface area contributed by atoms with Crippen LogP contribution < -0.4 is 0 Å². The van der Waals surface area contributed by atoms with E-state index in [1.54, 1.807) is 0 Å². The minimum Gasteiger partial charge on any atom is -0.382 e. The van der Waals surface area contributed by atoms with E-state index in [-0.39, 0.29) is 5.60 Å². The SMILES string of the molecule is CCOCCC(C)(OCC)C1CCCC(C)(C)C1. The van der Waals surface area contributed by atoms with E-state index in [0.717, 1.165) is 26.2 Å². The Morgan fingerprint density at radius 1 is 1.22 bits per heavy atom. The van der Waals surface area contributed by atoms with Gasteiger partial charge < -0.3 is 9.47 Å². The summed E-state index contributed by atoms with van der Waals surface area (Å²) in [6.07, 6.45) is 6.32. The van der Waals surface area contributed by atoms with Gasteiger partial charge in [0.1, 0.15) is 0 Å². The molecule has 0 saturated heterocycles. The summed E-state index contributed by atoms with van der Waals surface area (Å²) in [5.41, 5.74) is 0.481. The third kappa shape index (κ3) is 4.55. The van der Waals surface area contributed by atoms with Crippen LogP contribution >= 0.6 is 0 Å². The predicted molar refractivity (Wildman–Crippen MR) is 76.9 cm³/mol. The lowest BCUT2D eigenvalue weighted by Gasteiger charge is -2.45. The van der Waals surface area contributed by atoms with E-state index in [9.17, 15) is 0 Å². The van der Waals surface area contributed by atoms with Crippen molar-refractivity contribution < 1.29 is 9.47 Å². The van der Waals surface area contributed by atoms with Gasteiger partial charge in [-0.3, -0.25) is 0 Å². The minimum atomic E-state index is 0.00160. The topological polar surface area (TPSA) is 18.5 Å². The van der Waals surface area contributed by atoms with E-state index in [1.807, 2.05) is 0 Å². The Morgan fingerprint density at radius 2 is 1.94 bits per heavy atom. The molecule has 0 aromatic rings. The first-order valence-electron chi connectivity index (χ1n) is 7.65. The van der Waals surface area contributed by atoms with Crippen LogP contribution in [0.5, 0.6) is 0 Å². The van der Waals surface area contributed by atoms with Crippen LogP contribution in [0, 0.1) is 11.3 Å². The maximum absolute atomic E-state index is 6.13. The van der Waals surface area contributed by atoms with Crippen molar-refractivity contribution in [2.45, 2.75) is 72.3 Å². The monoisotopic (exact) mass is 256 g/mol. The summed E-state index contributed by atoms with van der Waals surface area (Å²) in [4.78, 5) is 0. The molecule has 1 saturated carbocycles. The molecule has 0 bridgehead atoms. The van der Waals surface area contributed by atoms with Crippen molar-refractivity contribution in [2.75, 3.05) is 19.8 Å². The standard InChI is InChI=1S/C16H32O2/c1-6-17-12-11-16(5,18-7-2)14-9-8-10-15(3,4)13-14/h14H,6-13H2,1-5H3. The van der Waals surface area contributed by atoms with Crippen LogP contribution in [0.2, 0.25) is 0 Å². The quantitative estimate of drug-likeness (QED) is 0.628. The predicted octanol–water partition coefficient (Wildman–Crippen LogP) is 4.42. The van der Waals surface area contributed by atoms with Gasteiger partial charge in [-0.2, -0.15) is 0 Å². The maximum atomic E-state index is 6.13. The average molecular weight is 256 g/mol. The lowest BCUT2D eigenvalue weighted by Crippen LogP contribution is -2.43. The zero-order valence-electron chi connectivity index (χ0n) is 13.1. The molecule has 1 fully saturated rings. The summed E-state index contributed by atoms with van der Waals surface area (Å²) in [5.74, 6) is 0.682.